The van der Waals surface area contributed by atoms with Gasteiger partial charge in [0.1, 0.15) is 24.0 Å². The fraction of sp³-hybridized carbons (Fsp3) is 0.400. The standard InChI is InChI=1S/C15H19FN4O4/c1-10(14-5-11(16)3-4-15(14)24-2)17-7-13(21)9-19-8-12(6-18-19)20(22)23/h3-6,8,10,13,17,21H,7,9H2,1-2H3. The van der Waals surface area contributed by atoms with Gasteiger partial charge in [-0.1, -0.05) is 0 Å². The summed E-state index contributed by atoms with van der Waals surface area (Å²) in [5.41, 5.74) is 0.507. The van der Waals surface area contributed by atoms with Gasteiger partial charge >= 0.3 is 5.69 Å². The Balaban J connectivity index is 1.92. The van der Waals surface area contributed by atoms with Crippen LogP contribution in [0.2, 0.25) is 0 Å². The molecule has 0 fully saturated rings. The van der Waals surface area contributed by atoms with Gasteiger partial charge in [0.25, 0.3) is 0 Å². The highest BCUT2D eigenvalue weighted by atomic mass is 19.1. The lowest BCUT2D eigenvalue weighted by Crippen LogP contribution is -2.32. The molecule has 1 heterocycles. The second-order valence-corrected chi connectivity index (χ2v) is 5.35. The number of benzene rings is 1. The van der Waals surface area contributed by atoms with Crippen LogP contribution in [0.3, 0.4) is 0 Å². The van der Waals surface area contributed by atoms with Gasteiger partial charge in [0.15, 0.2) is 0 Å². The van der Waals surface area contributed by atoms with Crippen LogP contribution < -0.4 is 10.1 Å². The van der Waals surface area contributed by atoms with Crippen LogP contribution in [0.5, 0.6) is 5.75 Å². The molecule has 2 unspecified atom stereocenters. The minimum absolute atomic E-state index is 0.105. The third kappa shape index (κ3) is 4.49. The molecule has 2 N–H and O–H groups in total. The van der Waals surface area contributed by atoms with Crippen LogP contribution in [0, 0.1) is 15.9 Å². The van der Waals surface area contributed by atoms with Gasteiger partial charge in [0.2, 0.25) is 0 Å². The quantitative estimate of drug-likeness (QED) is 0.560. The number of rotatable bonds is 8. The zero-order valence-electron chi connectivity index (χ0n) is 13.3. The SMILES string of the molecule is COc1ccc(F)cc1C(C)NCC(O)Cn1cc([N+](=O)[O-])cn1. The molecule has 9 heteroatoms. The zero-order valence-corrected chi connectivity index (χ0v) is 13.3. The molecule has 8 nitrogen and oxygen atoms in total. The normalized spacial score (nSPS) is 13.5. The molecule has 0 saturated heterocycles. The van der Waals surface area contributed by atoms with Gasteiger partial charge in [-0.3, -0.25) is 14.8 Å². The second kappa shape index (κ2) is 7.84. The van der Waals surface area contributed by atoms with Crippen molar-refractivity contribution in [3.8, 4) is 5.75 Å². The van der Waals surface area contributed by atoms with Gasteiger partial charge in [-0.05, 0) is 25.1 Å². The van der Waals surface area contributed by atoms with Crippen molar-refractivity contribution >= 4 is 5.69 Å². The van der Waals surface area contributed by atoms with Crippen LogP contribution in [-0.2, 0) is 6.54 Å². The number of aliphatic hydroxyl groups excluding tert-OH is 1. The maximum Gasteiger partial charge on any atom is 0.306 e. The summed E-state index contributed by atoms with van der Waals surface area (Å²) in [6.45, 7) is 2.13. The van der Waals surface area contributed by atoms with Crippen molar-refractivity contribution in [2.45, 2.75) is 25.6 Å². The molecule has 0 aliphatic heterocycles. The number of nitro groups is 1. The molecule has 1 aromatic carbocycles. The predicted molar refractivity (Wildman–Crippen MR) is 84.3 cm³/mol. The average Bonchev–Trinajstić information content (AvgIpc) is 3.01. The van der Waals surface area contributed by atoms with E-state index in [2.05, 4.69) is 10.4 Å². The second-order valence-electron chi connectivity index (χ2n) is 5.35. The van der Waals surface area contributed by atoms with Crippen molar-refractivity contribution in [1.82, 2.24) is 15.1 Å². The maximum absolute atomic E-state index is 13.4. The van der Waals surface area contributed by atoms with E-state index in [0.29, 0.717) is 11.3 Å². The molecule has 2 atom stereocenters. The Labute approximate surface area is 138 Å². The Kier molecular flexibility index (Phi) is 5.83. The molecule has 0 spiro atoms. The van der Waals surface area contributed by atoms with E-state index in [1.54, 1.807) is 6.07 Å². The van der Waals surface area contributed by atoms with E-state index in [4.69, 9.17) is 4.74 Å². The minimum Gasteiger partial charge on any atom is -0.496 e. The molecule has 130 valence electrons. The molecule has 2 rings (SSSR count). The van der Waals surface area contributed by atoms with E-state index in [-0.39, 0.29) is 30.6 Å². The number of aromatic nitrogens is 2. The lowest BCUT2D eigenvalue weighted by Gasteiger charge is -2.19. The molecule has 0 amide bonds. The molecule has 0 aliphatic carbocycles. The molecule has 0 aliphatic rings. The summed E-state index contributed by atoms with van der Waals surface area (Å²) in [5.74, 6) is 0.178. The number of hydrogen-bond donors (Lipinski definition) is 2. The molecular weight excluding hydrogens is 319 g/mol. The molecular formula is C15H19FN4O4. The van der Waals surface area contributed by atoms with Gasteiger partial charge in [-0.2, -0.15) is 5.10 Å². The van der Waals surface area contributed by atoms with Crippen LogP contribution in [0.1, 0.15) is 18.5 Å². The summed E-state index contributed by atoms with van der Waals surface area (Å²) in [4.78, 5) is 10.0. The number of nitrogens with zero attached hydrogens (tertiary/aromatic N) is 3. The highest BCUT2D eigenvalue weighted by Gasteiger charge is 2.15. The van der Waals surface area contributed by atoms with Crippen molar-refractivity contribution in [2.24, 2.45) is 0 Å². The summed E-state index contributed by atoms with van der Waals surface area (Å²) in [6.07, 6.45) is 1.56. The van der Waals surface area contributed by atoms with E-state index in [9.17, 15) is 19.6 Å². The van der Waals surface area contributed by atoms with Crippen LogP contribution in [0.25, 0.3) is 0 Å². The fourth-order valence-electron chi connectivity index (χ4n) is 2.29. The first kappa shape index (κ1) is 17.8. The van der Waals surface area contributed by atoms with Gasteiger partial charge in [-0.15, -0.1) is 0 Å². The highest BCUT2D eigenvalue weighted by Crippen LogP contribution is 2.25. The topological polar surface area (TPSA) is 102 Å². The number of methoxy groups -OCH3 is 1. The number of halogens is 1. The van der Waals surface area contributed by atoms with Gasteiger partial charge in [0, 0.05) is 18.2 Å². The number of aliphatic hydroxyl groups is 1. The Hall–Kier alpha value is -2.52. The predicted octanol–water partition coefficient (Wildman–Crippen LogP) is 1.65. The molecule has 0 bridgehead atoms. The fourth-order valence-corrected chi connectivity index (χ4v) is 2.29. The summed E-state index contributed by atoms with van der Waals surface area (Å²) >= 11 is 0. The Morgan fingerprint density at radius 3 is 2.92 bits per heavy atom. The summed E-state index contributed by atoms with van der Waals surface area (Å²) in [6, 6.07) is 3.98. The van der Waals surface area contributed by atoms with Gasteiger partial charge in [-0.25, -0.2) is 4.39 Å². The third-order valence-electron chi connectivity index (χ3n) is 3.55. The van der Waals surface area contributed by atoms with Crippen molar-refractivity contribution < 1.29 is 19.2 Å². The Bertz CT molecular complexity index is 707. The van der Waals surface area contributed by atoms with Crippen molar-refractivity contribution in [3.05, 3.63) is 52.1 Å². The van der Waals surface area contributed by atoms with E-state index < -0.39 is 11.0 Å². The largest absolute Gasteiger partial charge is 0.496 e. The summed E-state index contributed by atoms with van der Waals surface area (Å²) < 4.78 is 19.9. The lowest BCUT2D eigenvalue weighted by molar-refractivity contribution is -0.385. The van der Waals surface area contributed by atoms with Crippen molar-refractivity contribution in [2.75, 3.05) is 13.7 Å². The van der Waals surface area contributed by atoms with Crippen LogP contribution in [0.15, 0.2) is 30.6 Å². The van der Waals surface area contributed by atoms with Gasteiger partial charge in [0.05, 0.1) is 24.7 Å². The van der Waals surface area contributed by atoms with E-state index in [0.717, 1.165) is 6.20 Å². The molecule has 1 aromatic heterocycles. The molecule has 24 heavy (non-hydrogen) atoms. The molecule has 2 aromatic rings. The monoisotopic (exact) mass is 338 g/mol. The Morgan fingerprint density at radius 1 is 1.54 bits per heavy atom. The minimum atomic E-state index is -0.813. The van der Waals surface area contributed by atoms with E-state index in [1.165, 1.54) is 30.1 Å². The van der Waals surface area contributed by atoms with Crippen LogP contribution in [-0.4, -0.2) is 39.6 Å². The maximum atomic E-state index is 13.4. The van der Waals surface area contributed by atoms with E-state index >= 15 is 0 Å². The molecule has 0 radical (unpaired) electrons. The van der Waals surface area contributed by atoms with Crippen molar-refractivity contribution in [3.63, 3.8) is 0 Å². The smallest absolute Gasteiger partial charge is 0.306 e. The summed E-state index contributed by atoms with van der Waals surface area (Å²) in [5, 5.41) is 27.5. The van der Waals surface area contributed by atoms with Crippen LogP contribution >= 0.6 is 0 Å². The number of ether oxygens (including phenoxy) is 1. The zero-order chi connectivity index (χ0) is 17.7. The lowest BCUT2D eigenvalue weighted by atomic mass is 10.1. The highest BCUT2D eigenvalue weighted by molar-refractivity contribution is 5.36. The Morgan fingerprint density at radius 2 is 2.29 bits per heavy atom. The summed E-state index contributed by atoms with van der Waals surface area (Å²) in [7, 11) is 1.50. The van der Waals surface area contributed by atoms with E-state index in [1.807, 2.05) is 6.92 Å². The van der Waals surface area contributed by atoms with Crippen molar-refractivity contribution in [1.29, 1.82) is 0 Å². The number of nitrogens with one attached hydrogen (secondary N) is 1. The first-order valence-electron chi connectivity index (χ1n) is 7.32. The first-order valence-corrected chi connectivity index (χ1v) is 7.32. The van der Waals surface area contributed by atoms with Crippen LogP contribution in [0.4, 0.5) is 10.1 Å². The first-order chi connectivity index (χ1) is 11.4. The van der Waals surface area contributed by atoms with Gasteiger partial charge < -0.3 is 15.2 Å². The number of hydrogen-bond acceptors (Lipinski definition) is 6. The third-order valence-corrected chi connectivity index (χ3v) is 3.55. The molecule has 0 saturated carbocycles. The average molecular weight is 338 g/mol.